The van der Waals surface area contributed by atoms with E-state index >= 15 is 0 Å². The molecule has 1 atom stereocenters. The van der Waals surface area contributed by atoms with Gasteiger partial charge in [0.05, 0.1) is 0 Å². The van der Waals surface area contributed by atoms with E-state index in [2.05, 4.69) is 10.2 Å². The lowest BCUT2D eigenvalue weighted by Gasteiger charge is -2.21. The van der Waals surface area contributed by atoms with Crippen LogP contribution in [0.3, 0.4) is 0 Å². The van der Waals surface area contributed by atoms with Crippen molar-refractivity contribution in [2.45, 2.75) is 30.5 Å². The van der Waals surface area contributed by atoms with E-state index in [1.54, 1.807) is 7.05 Å². The SMILES string of the molecule is Cn1c(C2CCCCO2)nnc1S(=O)(=O)Cl. The van der Waals surface area contributed by atoms with E-state index in [9.17, 15) is 8.42 Å². The average Bonchev–Trinajstić information content (AvgIpc) is 2.61. The van der Waals surface area contributed by atoms with Gasteiger partial charge in [-0.05, 0) is 19.3 Å². The Bertz CT molecular complexity index is 479. The maximum Gasteiger partial charge on any atom is 0.296 e. The van der Waals surface area contributed by atoms with Gasteiger partial charge in [-0.25, -0.2) is 8.42 Å². The molecule has 0 aliphatic carbocycles. The van der Waals surface area contributed by atoms with Crippen molar-refractivity contribution >= 4 is 19.7 Å². The molecule has 1 aromatic heterocycles. The van der Waals surface area contributed by atoms with Gasteiger partial charge in [0.1, 0.15) is 6.10 Å². The first-order valence-corrected chi connectivity index (χ1v) is 7.26. The highest BCUT2D eigenvalue weighted by molar-refractivity contribution is 8.13. The highest BCUT2D eigenvalue weighted by Gasteiger charge is 2.26. The van der Waals surface area contributed by atoms with Gasteiger partial charge in [-0.15, -0.1) is 10.2 Å². The van der Waals surface area contributed by atoms with Crippen molar-refractivity contribution < 1.29 is 13.2 Å². The fraction of sp³-hybridized carbons (Fsp3) is 0.750. The molecule has 1 aliphatic rings. The molecule has 1 aliphatic heterocycles. The van der Waals surface area contributed by atoms with Gasteiger partial charge in [-0.1, -0.05) is 0 Å². The van der Waals surface area contributed by atoms with Crippen molar-refractivity contribution in [3.8, 4) is 0 Å². The minimum absolute atomic E-state index is 0.182. The number of aromatic nitrogens is 3. The summed E-state index contributed by atoms with van der Waals surface area (Å²) in [7, 11) is 2.95. The van der Waals surface area contributed by atoms with Crippen molar-refractivity contribution in [1.82, 2.24) is 14.8 Å². The molecule has 1 aromatic rings. The fourth-order valence-corrected chi connectivity index (χ4v) is 2.73. The van der Waals surface area contributed by atoms with Crippen molar-refractivity contribution in [3.05, 3.63) is 5.82 Å². The van der Waals surface area contributed by atoms with Crippen LogP contribution < -0.4 is 0 Å². The third-order valence-electron chi connectivity index (χ3n) is 2.55. The smallest absolute Gasteiger partial charge is 0.296 e. The van der Waals surface area contributed by atoms with Crippen LogP contribution in [0.25, 0.3) is 0 Å². The van der Waals surface area contributed by atoms with Crippen LogP contribution in [-0.4, -0.2) is 29.8 Å². The lowest BCUT2D eigenvalue weighted by atomic mass is 10.1. The van der Waals surface area contributed by atoms with Crippen LogP contribution in [0.2, 0.25) is 0 Å². The first-order chi connectivity index (χ1) is 7.50. The lowest BCUT2D eigenvalue weighted by Crippen LogP contribution is -2.16. The maximum absolute atomic E-state index is 11.2. The molecule has 6 nitrogen and oxygen atoms in total. The van der Waals surface area contributed by atoms with Gasteiger partial charge in [0.2, 0.25) is 0 Å². The Balaban J connectivity index is 2.33. The van der Waals surface area contributed by atoms with E-state index in [-0.39, 0.29) is 11.3 Å². The molecule has 1 saturated heterocycles. The summed E-state index contributed by atoms with van der Waals surface area (Å²) in [6.45, 7) is 0.667. The minimum atomic E-state index is -3.85. The second-order valence-electron chi connectivity index (χ2n) is 3.69. The molecule has 2 rings (SSSR count). The van der Waals surface area contributed by atoms with Crippen molar-refractivity contribution in [2.24, 2.45) is 7.05 Å². The van der Waals surface area contributed by atoms with E-state index in [0.717, 1.165) is 19.3 Å². The molecule has 16 heavy (non-hydrogen) atoms. The topological polar surface area (TPSA) is 74.1 Å². The van der Waals surface area contributed by atoms with Gasteiger partial charge in [0, 0.05) is 24.3 Å². The number of rotatable bonds is 2. The number of ether oxygens (including phenoxy) is 1. The van der Waals surface area contributed by atoms with E-state index in [1.165, 1.54) is 4.57 Å². The fourth-order valence-electron chi connectivity index (χ4n) is 1.76. The largest absolute Gasteiger partial charge is 0.370 e. The summed E-state index contributed by atoms with van der Waals surface area (Å²) in [6, 6.07) is 0. The normalized spacial score (nSPS) is 22.2. The molecule has 90 valence electrons. The highest BCUT2D eigenvalue weighted by atomic mass is 35.7. The van der Waals surface area contributed by atoms with E-state index in [0.29, 0.717) is 12.4 Å². The molecule has 1 fully saturated rings. The molecule has 0 spiro atoms. The minimum Gasteiger partial charge on any atom is -0.370 e. The zero-order valence-electron chi connectivity index (χ0n) is 8.76. The first-order valence-electron chi connectivity index (χ1n) is 4.95. The molecule has 0 amide bonds. The predicted molar refractivity (Wildman–Crippen MR) is 56.6 cm³/mol. The van der Waals surface area contributed by atoms with Gasteiger partial charge < -0.3 is 9.30 Å². The van der Waals surface area contributed by atoms with Crippen LogP contribution in [0.1, 0.15) is 31.2 Å². The summed E-state index contributed by atoms with van der Waals surface area (Å²) < 4.78 is 29.2. The van der Waals surface area contributed by atoms with E-state index in [4.69, 9.17) is 15.4 Å². The zero-order valence-corrected chi connectivity index (χ0v) is 10.3. The average molecular weight is 266 g/mol. The standard InChI is InChI=1S/C8H12ClN3O3S/c1-12-7(6-4-2-3-5-15-6)10-11-8(12)16(9,13)14/h6H,2-5H2,1H3. The van der Waals surface area contributed by atoms with Gasteiger partial charge >= 0.3 is 0 Å². The Hall–Kier alpha value is -0.660. The zero-order chi connectivity index (χ0) is 11.8. The molecule has 0 bridgehead atoms. The van der Waals surface area contributed by atoms with Gasteiger partial charge in [-0.3, -0.25) is 0 Å². The predicted octanol–water partition coefficient (Wildman–Crippen LogP) is 0.984. The quantitative estimate of drug-likeness (QED) is 0.746. The molecule has 0 N–H and O–H groups in total. The van der Waals surface area contributed by atoms with E-state index < -0.39 is 9.05 Å². The number of nitrogens with zero attached hydrogens (tertiary/aromatic N) is 3. The second kappa shape index (κ2) is 4.31. The molecule has 0 saturated carbocycles. The first kappa shape index (κ1) is 11.8. The van der Waals surface area contributed by atoms with Crippen LogP contribution in [0.15, 0.2) is 5.16 Å². The van der Waals surface area contributed by atoms with Crippen LogP contribution >= 0.6 is 10.7 Å². The summed E-state index contributed by atoms with van der Waals surface area (Å²) in [5, 5.41) is 7.17. The Morgan fingerprint density at radius 2 is 2.19 bits per heavy atom. The molecule has 1 unspecified atom stereocenters. The van der Waals surface area contributed by atoms with Gasteiger partial charge in [0.25, 0.3) is 14.2 Å². The molecule has 2 heterocycles. The maximum atomic E-state index is 11.2. The second-order valence-corrected chi connectivity index (χ2v) is 6.15. The number of hydrogen-bond acceptors (Lipinski definition) is 5. The Labute approximate surface area is 98.0 Å². The summed E-state index contributed by atoms with van der Waals surface area (Å²) in [6.07, 6.45) is 2.71. The highest BCUT2D eigenvalue weighted by Crippen LogP contribution is 2.27. The third kappa shape index (κ3) is 2.21. The van der Waals surface area contributed by atoms with Crippen LogP contribution in [0.4, 0.5) is 0 Å². The van der Waals surface area contributed by atoms with E-state index in [1.807, 2.05) is 0 Å². The van der Waals surface area contributed by atoms with Crippen LogP contribution in [0, 0.1) is 0 Å². The summed E-state index contributed by atoms with van der Waals surface area (Å²) in [5.41, 5.74) is 0. The Morgan fingerprint density at radius 1 is 1.44 bits per heavy atom. The van der Waals surface area contributed by atoms with Gasteiger partial charge in [0.15, 0.2) is 5.82 Å². The monoisotopic (exact) mass is 265 g/mol. The molecule has 0 radical (unpaired) electrons. The summed E-state index contributed by atoms with van der Waals surface area (Å²) in [5.74, 6) is 0.513. The molecule has 0 aromatic carbocycles. The van der Waals surface area contributed by atoms with Crippen molar-refractivity contribution in [3.63, 3.8) is 0 Å². The Morgan fingerprint density at radius 3 is 2.69 bits per heavy atom. The summed E-state index contributed by atoms with van der Waals surface area (Å²) >= 11 is 0. The molecular formula is C8H12ClN3O3S. The van der Waals surface area contributed by atoms with Crippen LogP contribution in [0.5, 0.6) is 0 Å². The molecular weight excluding hydrogens is 254 g/mol. The Kier molecular flexibility index (Phi) is 3.18. The van der Waals surface area contributed by atoms with Crippen molar-refractivity contribution in [1.29, 1.82) is 0 Å². The number of hydrogen-bond donors (Lipinski definition) is 0. The number of halogens is 1. The van der Waals surface area contributed by atoms with Crippen molar-refractivity contribution in [2.75, 3.05) is 6.61 Å². The molecule has 8 heteroatoms. The lowest BCUT2D eigenvalue weighted by molar-refractivity contribution is 0.00739. The van der Waals surface area contributed by atoms with Gasteiger partial charge in [-0.2, -0.15) is 0 Å². The summed E-state index contributed by atoms with van der Waals surface area (Å²) in [4.78, 5) is 0. The van der Waals surface area contributed by atoms with Crippen LogP contribution in [-0.2, 0) is 20.8 Å². The third-order valence-corrected chi connectivity index (χ3v) is 3.76.